The predicted octanol–water partition coefficient (Wildman–Crippen LogP) is 2.11. The Morgan fingerprint density at radius 2 is 1.91 bits per heavy atom. The summed E-state index contributed by atoms with van der Waals surface area (Å²) in [6.45, 7) is 2.21. The highest BCUT2D eigenvalue weighted by atomic mass is 32.2. The van der Waals surface area contributed by atoms with Gasteiger partial charge in [-0.1, -0.05) is 24.3 Å². The Morgan fingerprint density at radius 1 is 1.17 bits per heavy atom. The van der Waals surface area contributed by atoms with Crippen LogP contribution in [-0.4, -0.2) is 27.9 Å². The van der Waals surface area contributed by atoms with Crippen LogP contribution >= 0.6 is 0 Å². The van der Waals surface area contributed by atoms with E-state index < -0.39 is 10.0 Å². The van der Waals surface area contributed by atoms with Gasteiger partial charge in [-0.15, -0.1) is 0 Å². The van der Waals surface area contributed by atoms with Crippen molar-refractivity contribution in [3.05, 3.63) is 59.2 Å². The summed E-state index contributed by atoms with van der Waals surface area (Å²) in [4.78, 5) is 12.1. The number of aryl methyl sites for hydroxylation is 1. The number of carbonyl (C=O) groups excluding carboxylic acids is 1. The maximum Gasteiger partial charge on any atom is 0.264 e. The summed E-state index contributed by atoms with van der Waals surface area (Å²) >= 11 is 0. The van der Waals surface area contributed by atoms with Gasteiger partial charge in [-0.2, -0.15) is 0 Å². The molecule has 2 aromatic rings. The van der Waals surface area contributed by atoms with Crippen molar-refractivity contribution in [1.82, 2.24) is 5.32 Å². The number of sulfonamides is 1. The maximum atomic E-state index is 13.0. The molecule has 1 aliphatic rings. The molecule has 0 spiro atoms. The molecular weight excluding hydrogens is 312 g/mol. The van der Waals surface area contributed by atoms with Crippen LogP contribution in [0.5, 0.6) is 0 Å². The number of para-hydroxylation sites is 1. The van der Waals surface area contributed by atoms with E-state index in [2.05, 4.69) is 5.32 Å². The number of benzene rings is 2. The summed E-state index contributed by atoms with van der Waals surface area (Å²) < 4.78 is 27.3. The first-order chi connectivity index (χ1) is 10.9. The van der Waals surface area contributed by atoms with Gasteiger partial charge in [0.15, 0.2) is 0 Å². The van der Waals surface area contributed by atoms with Crippen LogP contribution < -0.4 is 9.62 Å². The van der Waals surface area contributed by atoms with Crippen molar-refractivity contribution >= 4 is 21.6 Å². The van der Waals surface area contributed by atoms with Crippen LogP contribution in [0.2, 0.25) is 0 Å². The Labute approximate surface area is 136 Å². The molecule has 0 bridgehead atoms. The van der Waals surface area contributed by atoms with Crippen molar-refractivity contribution in [3.63, 3.8) is 0 Å². The number of amides is 1. The third-order valence-electron chi connectivity index (χ3n) is 4.11. The summed E-state index contributed by atoms with van der Waals surface area (Å²) in [5, 5.41) is 2.54. The molecule has 3 rings (SSSR count). The summed E-state index contributed by atoms with van der Waals surface area (Å²) in [5.74, 6) is -0.290. The zero-order valence-electron chi connectivity index (χ0n) is 13.0. The molecule has 1 amide bonds. The van der Waals surface area contributed by atoms with Crippen molar-refractivity contribution < 1.29 is 13.2 Å². The summed E-state index contributed by atoms with van der Waals surface area (Å²) in [6, 6.07) is 12.2. The van der Waals surface area contributed by atoms with Crippen molar-refractivity contribution in [1.29, 1.82) is 0 Å². The van der Waals surface area contributed by atoms with E-state index in [1.165, 1.54) is 17.4 Å². The van der Waals surface area contributed by atoms with Crippen LogP contribution in [0.1, 0.15) is 21.5 Å². The third kappa shape index (κ3) is 2.59. The second kappa shape index (κ2) is 5.70. The number of nitrogens with one attached hydrogen (secondary N) is 1. The molecular formula is C17H18N2O3S. The van der Waals surface area contributed by atoms with Gasteiger partial charge in [-0.05, 0) is 42.7 Å². The van der Waals surface area contributed by atoms with Gasteiger partial charge in [0.05, 0.1) is 10.6 Å². The Kier molecular flexibility index (Phi) is 3.85. The first-order valence-corrected chi connectivity index (χ1v) is 8.82. The zero-order chi connectivity index (χ0) is 16.6. The predicted molar refractivity (Wildman–Crippen MR) is 89.2 cm³/mol. The number of fused-ring (bicyclic) bond motifs is 1. The minimum atomic E-state index is -3.68. The molecule has 0 radical (unpaired) electrons. The zero-order valence-corrected chi connectivity index (χ0v) is 13.9. The molecule has 6 heteroatoms. The van der Waals surface area contributed by atoms with Crippen LogP contribution in [0.15, 0.2) is 47.4 Å². The second-order valence-electron chi connectivity index (χ2n) is 5.51. The molecule has 0 unspecified atom stereocenters. The van der Waals surface area contributed by atoms with Crippen molar-refractivity contribution in [2.24, 2.45) is 0 Å². The summed E-state index contributed by atoms with van der Waals surface area (Å²) in [5.41, 5.74) is 2.86. The highest BCUT2D eigenvalue weighted by Crippen LogP contribution is 2.33. The van der Waals surface area contributed by atoms with Crippen LogP contribution in [0.3, 0.4) is 0 Å². The topological polar surface area (TPSA) is 66.5 Å². The van der Waals surface area contributed by atoms with Crippen molar-refractivity contribution in [2.75, 3.05) is 17.9 Å². The minimum absolute atomic E-state index is 0.137. The first-order valence-electron chi connectivity index (χ1n) is 7.38. The molecule has 0 fully saturated rings. The summed E-state index contributed by atoms with van der Waals surface area (Å²) in [7, 11) is -2.15. The lowest BCUT2D eigenvalue weighted by atomic mass is 10.1. The molecule has 120 valence electrons. The molecule has 1 heterocycles. The van der Waals surface area contributed by atoms with Crippen LogP contribution in [0.25, 0.3) is 0 Å². The number of carbonyl (C=O) groups is 1. The smallest absolute Gasteiger partial charge is 0.264 e. The molecule has 0 aromatic heterocycles. The fraction of sp³-hybridized carbons (Fsp3) is 0.235. The molecule has 5 nitrogen and oxygen atoms in total. The number of hydrogen-bond donors (Lipinski definition) is 1. The van der Waals surface area contributed by atoms with Crippen molar-refractivity contribution in [3.8, 4) is 0 Å². The van der Waals surface area contributed by atoms with E-state index in [4.69, 9.17) is 0 Å². The molecule has 1 N–H and O–H groups in total. The number of hydrogen-bond acceptors (Lipinski definition) is 3. The highest BCUT2D eigenvalue weighted by Gasteiger charge is 2.31. The summed E-state index contributed by atoms with van der Waals surface area (Å²) in [6.07, 6.45) is 0.698. The quantitative estimate of drug-likeness (QED) is 0.937. The fourth-order valence-electron chi connectivity index (χ4n) is 2.83. The average Bonchev–Trinajstić information content (AvgIpc) is 2.99. The maximum absolute atomic E-state index is 13.0. The Morgan fingerprint density at radius 3 is 2.65 bits per heavy atom. The highest BCUT2D eigenvalue weighted by molar-refractivity contribution is 7.92. The van der Waals surface area contributed by atoms with Gasteiger partial charge in [0.2, 0.25) is 0 Å². The van der Waals surface area contributed by atoms with E-state index in [0.29, 0.717) is 18.5 Å². The Bertz CT molecular complexity index is 875. The van der Waals surface area contributed by atoms with E-state index in [9.17, 15) is 13.2 Å². The lowest BCUT2D eigenvalue weighted by Gasteiger charge is -2.20. The standard InChI is InChI=1S/C17H18N2O3S/c1-12-7-8-14(11-15(12)17(20)18-2)23(21,22)19-10-9-13-5-3-4-6-16(13)19/h3-8,11H,9-10H2,1-2H3,(H,18,20). The Balaban J connectivity index is 2.07. The van der Waals surface area contributed by atoms with E-state index in [1.807, 2.05) is 24.3 Å². The monoisotopic (exact) mass is 330 g/mol. The van der Waals surface area contributed by atoms with E-state index in [-0.39, 0.29) is 10.8 Å². The Hall–Kier alpha value is -2.34. The van der Waals surface area contributed by atoms with Gasteiger partial charge >= 0.3 is 0 Å². The second-order valence-corrected chi connectivity index (χ2v) is 7.37. The minimum Gasteiger partial charge on any atom is -0.355 e. The van der Waals surface area contributed by atoms with E-state index in [0.717, 1.165) is 16.8 Å². The van der Waals surface area contributed by atoms with Gasteiger partial charge in [-0.3, -0.25) is 9.10 Å². The fourth-order valence-corrected chi connectivity index (χ4v) is 4.36. The molecule has 0 saturated carbocycles. The normalized spacial score (nSPS) is 13.7. The largest absolute Gasteiger partial charge is 0.355 e. The lowest BCUT2D eigenvalue weighted by Crippen LogP contribution is -2.29. The number of anilines is 1. The van der Waals surface area contributed by atoms with Gasteiger partial charge in [0.25, 0.3) is 15.9 Å². The third-order valence-corrected chi connectivity index (χ3v) is 5.92. The molecule has 1 aliphatic heterocycles. The SMILES string of the molecule is CNC(=O)c1cc(S(=O)(=O)N2CCc3ccccc32)ccc1C. The molecule has 2 aromatic carbocycles. The average molecular weight is 330 g/mol. The molecule has 23 heavy (non-hydrogen) atoms. The van der Waals surface area contributed by atoms with E-state index >= 15 is 0 Å². The van der Waals surface area contributed by atoms with Gasteiger partial charge < -0.3 is 5.32 Å². The number of nitrogens with zero attached hydrogens (tertiary/aromatic N) is 1. The molecule has 0 saturated heterocycles. The molecule has 0 aliphatic carbocycles. The van der Waals surface area contributed by atoms with Gasteiger partial charge in [-0.25, -0.2) is 8.42 Å². The first kappa shape index (κ1) is 15.6. The lowest BCUT2D eigenvalue weighted by molar-refractivity contribution is 0.0962. The van der Waals surface area contributed by atoms with Gasteiger partial charge in [0, 0.05) is 19.2 Å². The van der Waals surface area contributed by atoms with E-state index in [1.54, 1.807) is 19.1 Å². The van der Waals surface area contributed by atoms with Crippen LogP contribution in [-0.2, 0) is 16.4 Å². The van der Waals surface area contributed by atoms with Crippen LogP contribution in [0, 0.1) is 6.92 Å². The number of rotatable bonds is 3. The van der Waals surface area contributed by atoms with Crippen molar-refractivity contribution in [2.45, 2.75) is 18.2 Å². The van der Waals surface area contributed by atoms with Gasteiger partial charge in [0.1, 0.15) is 0 Å². The van der Waals surface area contributed by atoms with Crippen LogP contribution in [0.4, 0.5) is 5.69 Å². The molecule has 0 atom stereocenters.